The molecule has 30 heavy (non-hydrogen) atoms. The Kier molecular flexibility index (Phi) is 7.99. The largest absolute Gasteiger partial charge is 0.487 e. The SMILES string of the molecule is CCCCCOc1c(F)c(F)c(CN(C)C(=O)C2(CC)NN(C)C=C2Cl)c(F)c1F. The second-order valence-corrected chi connectivity index (χ2v) is 7.65. The van der Waals surface area contributed by atoms with Gasteiger partial charge in [-0.3, -0.25) is 4.79 Å². The minimum Gasteiger partial charge on any atom is -0.487 e. The van der Waals surface area contributed by atoms with Gasteiger partial charge in [0, 0.05) is 25.9 Å². The number of unbranched alkanes of at least 4 members (excludes halogenated alkanes) is 2. The van der Waals surface area contributed by atoms with Crippen molar-refractivity contribution in [1.82, 2.24) is 15.3 Å². The fraction of sp³-hybridized carbons (Fsp3) is 0.550. The van der Waals surface area contributed by atoms with Crippen molar-refractivity contribution in [3.05, 3.63) is 40.1 Å². The van der Waals surface area contributed by atoms with Gasteiger partial charge in [0.15, 0.2) is 22.9 Å². The van der Waals surface area contributed by atoms with Gasteiger partial charge in [-0.1, -0.05) is 38.3 Å². The Bertz CT molecular complexity index is 808. The summed E-state index contributed by atoms with van der Waals surface area (Å²) < 4.78 is 62.7. The van der Waals surface area contributed by atoms with E-state index in [1.165, 1.54) is 18.3 Å². The van der Waals surface area contributed by atoms with Gasteiger partial charge >= 0.3 is 0 Å². The van der Waals surface area contributed by atoms with Crippen LogP contribution in [0.25, 0.3) is 0 Å². The molecule has 1 aromatic rings. The molecule has 0 bridgehead atoms. The van der Waals surface area contributed by atoms with Gasteiger partial charge in [-0.25, -0.2) is 14.2 Å². The van der Waals surface area contributed by atoms with Gasteiger partial charge < -0.3 is 14.6 Å². The molecule has 1 aliphatic rings. The lowest BCUT2D eigenvalue weighted by Crippen LogP contribution is -2.57. The molecule has 0 spiro atoms. The Balaban J connectivity index is 2.28. The lowest BCUT2D eigenvalue weighted by molar-refractivity contribution is -0.136. The first kappa shape index (κ1) is 24.3. The van der Waals surface area contributed by atoms with Crippen LogP contribution >= 0.6 is 11.6 Å². The number of halogens is 5. The third-order valence-electron chi connectivity index (χ3n) is 5.03. The number of rotatable bonds is 9. The van der Waals surface area contributed by atoms with E-state index in [1.54, 1.807) is 14.0 Å². The van der Waals surface area contributed by atoms with Gasteiger partial charge in [-0.05, 0) is 12.8 Å². The van der Waals surface area contributed by atoms with E-state index >= 15 is 0 Å². The molecule has 5 nitrogen and oxygen atoms in total. The summed E-state index contributed by atoms with van der Waals surface area (Å²) in [4.78, 5) is 13.9. The van der Waals surface area contributed by atoms with Crippen LogP contribution in [0.4, 0.5) is 17.6 Å². The van der Waals surface area contributed by atoms with Crippen molar-refractivity contribution in [2.75, 3.05) is 20.7 Å². The lowest BCUT2D eigenvalue weighted by atomic mass is 9.95. The summed E-state index contributed by atoms with van der Waals surface area (Å²) in [5, 5.41) is 1.68. The summed E-state index contributed by atoms with van der Waals surface area (Å²) in [6.07, 6.45) is 3.83. The van der Waals surface area contributed by atoms with Crippen LogP contribution in [-0.2, 0) is 11.3 Å². The first-order chi connectivity index (χ1) is 14.1. The molecule has 1 unspecified atom stereocenters. The topological polar surface area (TPSA) is 44.8 Å². The number of hydrazine groups is 1. The molecule has 0 saturated carbocycles. The van der Waals surface area contributed by atoms with Crippen LogP contribution in [0.5, 0.6) is 5.75 Å². The molecule has 0 saturated heterocycles. The number of carbonyl (C=O) groups is 1. The molecule has 2 rings (SSSR count). The lowest BCUT2D eigenvalue weighted by Gasteiger charge is -2.33. The Morgan fingerprint density at radius 2 is 1.77 bits per heavy atom. The highest BCUT2D eigenvalue weighted by atomic mass is 35.5. The van der Waals surface area contributed by atoms with Gasteiger partial charge in [-0.15, -0.1) is 0 Å². The number of ether oxygens (including phenoxy) is 1. The van der Waals surface area contributed by atoms with Gasteiger partial charge in [-0.2, -0.15) is 8.78 Å². The van der Waals surface area contributed by atoms with E-state index < -0.39 is 52.6 Å². The molecule has 10 heteroatoms. The van der Waals surface area contributed by atoms with Crippen LogP contribution in [0.1, 0.15) is 45.1 Å². The Morgan fingerprint density at radius 1 is 1.17 bits per heavy atom. The Hall–Kier alpha value is -2.00. The highest BCUT2D eigenvalue weighted by Gasteiger charge is 2.46. The Morgan fingerprint density at radius 3 is 2.23 bits per heavy atom. The molecular formula is C20H26ClF4N3O2. The number of amides is 1. The summed E-state index contributed by atoms with van der Waals surface area (Å²) in [5.41, 5.74) is 0.664. The number of hydrogen-bond acceptors (Lipinski definition) is 4. The van der Waals surface area contributed by atoms with Crippen molar-refractivity contribution in [2.24, 2.45) is 0 Å². The average molecular weight is 452 g/mol. The zero-order valence-corrected chi connectivity index (χ0v) is 18.2. The van der Waals surface area contributed by atoms with Crippen molar-refractivity contribution in [1.29, 1.82) is 0 Å². The molecule has 1 N–H and O–H groups in total. The zero-order chi connectivity index (χ0) is 22.6. The molecular weight excluding hydrogens is 426 g/mol. The quantitative estimate of drug-likeness (QED) is 0.342. The average Bonchev–Trinajstić information content (AvgIpc) is 3.02. The van der Waals surface area contributed by atoms with E-state index in [2.05, 4.69) is 5.43 Å². The minimum absolute atomic E-state index is 0.0681. The van der Waals surface area contributed by atoms with Gasteiger partial charge in [0.1, 0.15) is 0 Å². The van der Waals surface area contributed by atoms with Gasteiger partial charge in [0.05, 0.1) is 18.2 Å². The number of hydrogen-bond donors (Lipinski definition) is 1. The molecule has 1 atom stereocenters. The zero-order valence-electron chi connectivity index (χ0n) is 17.4. The van der Waals surface area contributed by atoms with Gasteiger partial charge in [0.2, 0.25) is 17.5 Å². The number of benzene rings is 1. The van der Waals surface area contributed by atoms with Crippen LogP contribution in [0.2, 0.25) is 0 Å². The summed E-state index contributed by atoms with van der Waals surface area (Å²) >= 11 is 6.20. The monoisotopic (exact) mass is 451 g/mol. The second-order valence-electron chi connectivity index (χ2n) is 7.24. The molecule has 168 valence electrons. The fourth-order valence-electron chi connectivity index (χ4n) is 3.30. The van der Waals surface area contributed by atoms with Crippen LogP contribution in [0, 0.1) is 23.3 Å². The minimum atomic E-state index is -1.62. The summed E-state index contributed by atoms with van der Waals surface area (Å²) in [6, 6.07) is 0. The van der Waals surface area contributed by atoms with Crippen LogP contribution < -0.4 is 10.2 Å². The second kappa shape index (κ2) is 9.87. The van der Waals surface area contributed by atoms with E-state index in [1.807, 2.05) is 6.92 Å². The maximum atomic E-state index is 14.5. The summed E-state index contributed by atoms with van der Waals surface area (Å²) in [7, 11) is 2.91. The predicted molar refractivity (Wildman–Crippen MR) is 106 cm³/mol. The first-order valence-corrected chi connectivity index (χ1v) is 10.1. The molecule has 0 aliphatic carbocycles. The third kappa shape index (κ3) is 4.51. The van der Waals surface area contributed by atoms with Crippen LogP contribution in [0.15, 0.2) is 11.2 Å². The number of nitrogens with one attached hydrogen (secondary N) is 1. The van der Waals surface area contributed by atoms with E-state index in [0.29, 0.717) is 6.42 Å². The van der Waals surface area contributed by atoms with Crippen molar-refractivity contribution < 1.29 is 27.1 Å². The summed E-state index contributed by atoms with van der Waals surface area (Å²) in [6.45, 7) is 2.87. The van der Waals surface area contributed by atoms with Crippen LogP contribution in [-0.4, -0.2) is 42.1 Å². The Labute approximate surface area is 178 Å². The smallest absolute Gasteiger partial charge is 0.250 e. The van der Waals surface area contributed by atoms with E-state index in [0.717, 1.165) is 17.7 Å². The first-order valence-electron chi connectivity index (χ1n) is 9.72. The maximum Gasteiger partial charge on any atom is 0.250 e. The number of carbonyl (C=O) groups excluding carboxylic acids is 1. The molecule has 0 aromatic heterocycles. The highest BCUT2D eigenvalue weighted by molar-refractivity contribution is 6.33. The van der Waals surface area contributed by atoms with E-state index in [4.69, 9.17) is 16.3 Å². The van der Waals surface area contributed by atoms with Crippen molar-refractivity contribution in [3.63, 3.8) is 0 Å². The highest BCUT2D eigenvalue weighted by Crippen LogP contribution is 2.34. The van der Waals surface area contributed by atoms with Gasteiger partial charge in [0.25, 0.3) is 0 Å². The maximum absolute atomic E-state index is 14.5. The number of likely N-dealkylation sites (N-methyl/N-ethyl adjacent to an activating group) is 1. The van der Waals surface area contributed by atoms with Crippen LogP contribution in [0.3, 0.4) is 0 Å². The molecule has 1 aliphatic heterocycles. The summed E-state index contributed by atoms with van der Waals surface area (Å²) in [5.74, 6) is -8.12. The number of nitrogens with zero attached hydrogens (tertiary/aromatic N) is 2. The fourth-order valence-corrected chi connectivity index (χ4v) is 3.70. The standard InChI is InChI=1S/C20H26ClF4N3O2/c1-5-7-8-9-30-18-16(24)14(22)12(15(23)17(18)25)10-27(3)19(29)20(6-2)13(21)11-28(4)26-20/h11,26H,5-10H2,1-4H3. The van der Waals surface area contributed by atoms with E-state index in [9.17, 15) is 22.4 Å². The molecule has 1 amide bonds. The molecule has 0 fully saturated rings. The predicted octanol–water partition coefficient (Wildman–Crippen LogP) is 4.45. The van der Waals surface area contributed by atoms with E-state index in [-0.39, 0.29) is 18.1 Å². The molecule has 1 heterocycles. The van der Waals surface area contributed by atoms with Crippen molar-refractivity contribution in [3.8, 4) is 5.75 Å². The molecule has 0 radical (unpaired) electrons. The normalized spacial score (nSPS) is 18.6. The van der Waals surface area contributed by atoms with Crippen molar-refractivity contribution in [2.45, 2.75) is 51.6 Å². The molecule has 1 aromatic carbocycles. The van der Waals surface area contributed by atoms with Crippen molar-refractivity contribution >= 4 is 17.5 Å². The third-order valence-corrected chi connectivity index (χ3v) is 5.45.